The first-order valence-corrected chi connectivity index (χ1v) is 8.82. The molecule has 0 radical (unpaired) electrons. The van der Waals surface area contributed by atoms with Gasteiger partial charge in [-0.05, 0) is 24.3 Å². The fourth-order valence-corrected chi connectivity index (χ4v) is 3.45. The lowest BCUT2D eigenvalue weighted by Gasteiger charge is -2.17. The molecule has 2 heterocycles. The molecule has 0 bridgehead atoms. The quantitative estimate of drug-likeness (QED) is 0.764. The Morgan fingerprint density at radius 3 is 2.78 bits per heavy atom. The van der Waals surface area contributed by atoms with Crippen molar-refractivity contribution in [2.45, 2.75) is 23.8 Å². The van der Waals surface area contributed by atoms with Crippen LogP contribution < -0.4 is 4.74 Å². The first kappa shape index (κ1) is 15.9. The van der Waals surface area contributed by atoms with Crippen molar-refractivity contribution in [3.05, 3.63) is 54.9 Å². The van der Waals surface area contributed by atoms with E-state index in [1.54, 1.807) is 24.2 Å². The summed E-state index contributed by atoms with van der Waals surface area (Å²) in [7, 11) is 0. The van der Waals surface area contributed by atoms with Gasteiger partial charge in [0, 0.05) is 42.4 Å². The number of aromatic nitrogens is 1. The fraction of sp³-hybridized carbons (Fsp3) is 0.333. The second-order valence-electron chi connectivity index (χ2n) is 5.46. The van der Waals surface area contributed by atoms with Gasteiger partial charge in [-0.2, -0.15) is 0 Å². The molecule has 0 N–H and O–H groups in total. The topological polar surface area (TPSA) is 42.4 Å². The van der Waals surface area contributed by atoms with E-state index in [0.29, 0.717) is 13.0 Å². The Hall–Kier alpha value is -2.01. The Labute approximate surface area is 140 Å². The average Bonchev–Trinajstić information content (AvgIpc) is 3.05. The average molecular weight is 328 g/mol. The zero-order chi connectivity index (χ0) is 15.9. The van der Waals surface area contributed by atoms with Gasteiger partial charge in [-0.1, -0.05) is 18.2 Å². The van der Waals surface area contributed by atoms with Crippen LogP contribution in [0.5, 0.6) is 5.75 Å². The van der Waals surface area contributed by atoms with Crippen LogP contribution in [0.25, 0.3) is 0 Å². The van der Waals surface area contributed by atoms with Crippen LogP contribution in [-0.4, -0.2) is 40.7 Å². The largest absolute Gasteiger partial charge is 0.488 e. The second-order valence-corrected chi connectivity index (χ2v) is 6.63. The number of benzene rings is 1. The Balaban J connectivity index is 1.41. The van der Waals surface area contributed by atoms with Gasteiger partial charge in [0.2, 0.25) is 5.91 Å². The van der Waals surface area contributed by atoms with E-state index in [4.69, 9.17) is 4.74 Å². The Morgan fingerprint density at radius 2 is 2.00 bits per heavy atom. The van der Waals surface area contributed by atoms with Crippen molar-refractivity contribution in [2.24, 2.45) is 0 Å². The van der Waals surface area contributed by atoms with Gasteiger partial charge in [0.25, 0.3) is 0 Å². The van der Waals surface area contributed by atoms with Crippen molar-refractivity contribution in [3.8, 4) is 5.75 Å². The molecule has 1 aliphatic rings. The van der Waals surface area contributed by atoms with Crippen molar-refractivity contribution in [3.63, 3.8) is 0 Å². The van der Waals surface area contributed by atoms with Crippen LogP contribution in [-0.2, 0) is 4.79 Å². The molecule has 0 saturated carbocycles. The van der Waals surface area contributed by atoms with Crippen molar-refractivity contribution in [1.82, 2.24) is 9.88 Å². The summed E-state index contributed by atoms with van der Waals surface area (Å²) < 4.78 is 5.89. The number of carbonyl (C=O) groups is 1. The van der Waals surface area contributed by atoms with Crippen LogP contribution in [0.15, 0.2) is 59.8 Å². The molecule has 23 heavy (non-hydrogen) atoms. The van der Waals surface area contributed by atoms with E-state index < -0.39 is 0 Å². The summed E-state index contributed by atoms with van der Waals surface area (Å²) in [6, 6.07) is 13.9. The minimum absolute atomic E-state index is 0.0862. The van der Waals surface area contributed by atoms with Gasteiger partial charge in [0.1, 0.15) is 11.9 Å². The highest BCUT2D eigenvalue weighted by Gasteiger charge is 2.27. The summed E-state index contributed by atoms with van der Waals surface area (Å²) in [5, 5.41) is 0. The molecule has 3 rings (SSSR count). The van der Waals surface area contributed by atoms with Crippen LogP contribution >= 0.6 is 11.8 Å². The number of amides is 1. The van der Waals surface area contributed by atoms with Gasteiger partial charge < -0.3 is 9.64 Å². The highest BCUT2D eigenvalue weighted by Crippen LogP contribution is 2.21. The van der Waals surface area contributed by atoms with E-state index in [0.717, 1.165) is 24.5 Å². The van der Waals surface area contributed by atoms with Gasteiger partial charge in [-0.25, -0.2) is 0 Å². The molecule has 1 aromatic carbocycles. The van der Waals surface area contributed by atoms with Crippen molar-refractivity contribution < 1.29 is 9.53 Å². The molecular formula is C18H20N2O2S. The number of likely N-dealkylation sites (tertiary alicyclic amines) is 1. The van der Waals surface area contributed by atoms with Crippen LogP contribution in [0.3, 0.4) is 0 Å². The fourth-order valence-electron chi connectivity index (χ4n) is 2.59. The maximum atomic E-state index is 12.3. The third-order valence-corrected chi connectivity index (χ3v) is 4.79. The van der Waals surface area contributed by atoms with Crippen molar-refractivity contribution >= 4 is 17.7 Å². The minimum atomic E-state index is 0.0862. The molecule has 1 atom stereocenters. The number of nitrogens with zero attached hydrogens (tertiary/aromatic N) is 2. The van der Waals surface area contributed by atoms with Crippen LogP contribution in [0, 0.1) is 0 Å². The highest BCUT2D eigenvalue weighted by molar-refractivity contribution is 7.99. The Morgan fingerprint density at radius 1 is 1.22 bits per heavy atom. The molecule has 0 spiro atoms. The summed E-state index contributed by atoms with van der Waals surface area (Å²) in [5.74, 6) is 1.85. The number of pyridine rings is 1. The van der Waals surface area contributed by atoms with Crippen molar-refractivity contribution in [1.29, 1.82) is 0 Å². The van der Waals surface area contributed by atoms with Gasteiger partial charge in [-0.3, -0.25) is 9.78 Å². The molecule has 5 heteroatoms. The number of carbonyl (C=O) groups excluding carboxylic acids is 1. The van der Waals surface area contributed by atoms with E-state index in [1.165, 1.54) is 4.90 Å². The molecule has 120 valence electrons. The number of hydrogen-bond donors (Lipinski definition) is 0. The van der Waals surface area contributed by atoms with E-state index in [2.05, 4.69) is 17.1 Å². The predicted octanol–water partition coefficient (Wildman–Crippen LogP) is 3.24. The monoisotopic (exact) mass is 328 g/mol. The Kier molecular flexibility index (Phi) is 5.53. The number of hydrogen-bond acceptors (Lipinski definition) is 4. The predicted molar refractivity (Wildman–Crippen MR) is 91.6 cm³/mol. The maximum Gasteiger partial charge on any atom is 0.223 e. The molecule has 1 amide bonds. The molecule has 0 aliphatic carbocycles. The molecule has 1 fully saturated rings. The summed E-state index contributed by atoms with van der Waals surface area (Å²) in [6.07, 6.45) is 4.98. The van der Waals surface area contributed by atoms with Crippen molar-refractivity contribution in [2.75, 3.05) is 18.8 Å². The molecule has 1 aliphatic heterocycles. The molecule has 0 unspecified atom stereocenters. The SMILES string of the molecule is O=C(CCSc1ccccc1)N1CC[C@@H](Oc2ccncc2)C1. The summed E-state index contributed by atoms with van der Waals surface area (Å²) in [4.78, 5) is 19.4. The molecule has 2 aromatic rings. The highest BCUT2D eigenvalue weighted by atomic mass is 32.2. The van der Waals surface area contributed by atoms with E-state index in [-0.39, 0.29) is 12.0 Å². The summed E-state index contributed by atoms with van der Waals surface area (Å²) in [6.45, 7) is 1.46. The Bertz CT molecular complexity index is 621. The third kappa shape index (κ3) is 4.73. The van der Waals surface area contributed by atoms with E-state index >= 15 is 0 Å². The second kappa shape index (κ2) is 8.02. The number of rotatable bonds is 6. The zero-order valence-electron chi connectivity index (χ0n) is 12.9. The molecule has 1 aromatic heterocycles. The molecule has 4 nitrogen and oxygen atoms in total. The van der Waals surface area contributed by atoms with Crippen LogP contribution in [0.4, 0.5) is 0 Å². The lowest BCUT2D eigenvalue weighted by Crippen LogP contribution is -2.31. The first-order valence-electron chi connectivity index (χ1n) is 7.83. The summed E-state index contributed by atoms with van der Waals surface area (Å²) >= 11 is 1.73. The normalized spacial score (nSPS) is 17.2. The maximum absolute atomic E-state index is 12.3. The van der Waals surface area contributed by atoms with Gasteiger partial charge >= 0.3 is 0 Å². The third-order valence-electron chi connectivity index (χ3n) is 3.78. The zero-order valence-corrected chi connectivity index (χ0v) is 13.7. The lowest BCUT2D eigenvalue weighted by molar-refractivity contribution is -0.129. The summed E-state index contributed by atoms with van der Waals surface area (Å²) in [5.41, 5.74) is 0. The van der Waals surface area contributed by atoms with E-state index in [9.17, 15) is 4.79 Å². The molecular weight excluding hydrogens is 308 g/mol. The minimum Gasteiger partial charge on any atom is -0.488 e. The smallest absolute Gasteiger partial charge is 0.223 e. The number of ether oxygens (including phenoxy) is 1. The lowest BCUT2D eigenvalue weighted by atomic mass is 10.3. The standard InChI is InChI=1S/C18H20N2O2S/c21-18(9-13-23-17-4-2-1-3-5-17)20-12-8-16(14-20)22-15-6-10-19-11-7-15/h1-7,10-11,16H,8-9,12-14H2/t16-/m1/s1. The van der Waals surface area contributed by atoms with Crippen LogP contribution in [0.1, 0.15) is 12.8 Å². The van der Waals surface area contributed by atoms with Gasteiger partial charge in [-0.15, -0.1) is 11.8 Å². The first-order chi connectivity index (χ1) is 11.3. The van der Waals surface area contributed by atoms with Crippen LogP contribution in [0.2, 0.25) is 0 Å². The van der Waals surface area contributed by atoms with E-state index in [1.807, 2.05) is 35.2 Å². The van der Waals surface area contributed by atoms with Gasteiger partial charge in [0.15, 0.2) is 0 Å². The molecule has 1 saturated heterocycles. The van der Waals surface area contributed by atoms with Gasteiger partial charge in [0.05, 0.1) is 6.54 Å². The number of thioether (sulfide) groups is 1.